The van der Waals surface area contributed by atoms with E-state index in [1.54, 1.807) is 0 Å². The van der Waals surface area contributed by atoms with Gasteiger partial charge in [-0.3, -0.25) is 9.78 Å². The fourth-order valence-corrected chi connectivity index (χ4v) is 5.89. The number of carbonyl (C=O) groups excluding carboxylic acids is 1. The number of aliphatic hydroxyl groups excluding tert-OH is 1. The van der Waals surface area contributed by atoms with Crippen LogP contribution in [-0.2, 0) is 24.9 Å². The number of rotatable bonds is 6. The molecule has 2 aliphatic carbocycles. The van der Waals surface area contributed by atoms with E-state index in [9.17, 15) is 9.90 Å². The Labute approximate surface area is 252 Å². The third-order valence-electron chi connectivity index (χ3n) is 8.14. The molecule has 1 heterocycles. The predicted octanol–water partition coefficient (Wildman–Crippen LogP) is 9.99. The van der Waals surface area contributed by atoms with E-state index in [0.29, 0.717) is 5.76 Å². The first-order chi connectivity index (χ1) is 18.5. The molecule has 211 valence electrons. The summed E-state index contributed by atoms with van der Waals surface area (Å²) >= 11 is 0. The first-order valence-corrected chi connectivity index (χ1v) is 14.0. The Morgan fingerprint density at radius 3 is 2.52 bits per heavy atom. The van der Waals surface area contributed by atoms with Gasteiger partial charge in [0.25, 0.3) is 0 Å². The number of fused-ring (bicyclic) bond motifs is 1. The molecule has 40 heavy (non-hydrogen) atoms. The van der Waals surface area contributed by atoms with Crippen LogP contribution in [0.3, 0.4) is 0 Å². The van der Waals surface area contributed by atoms with Crippen LogP contribution in [0.25, 0.3) is 45.1 Å². The maximum absolute atomic E-state index is 12.2. The Morgan fingerprint density at radius 2 is 1.77 bits per heavy atom. The Hall–Kier alpha value is -3.07. The molecular formula is C36H40IrNO2-. The van der Waals surface area contributed by atoms with Crippen molar-refractivity contribution in [3.05, 3.63) is 89.2 Å². The topological polar surface area (TPSA) is 50.2 Å². The molecule has 1 radical (unpaired) electrons. The number of aliphatic hydroxyl groups is 1. The summed E-state index contributed by atoms with van der Waals surface area (Å²) in [5.41, 5.74) is 6.35. The molecule has 1 aromatic heterocycles. The summed E-state index contributed by atoms with van der Waals surface area (Å²) in [5.74, 6) is 0.918. The van der Waals surface area contributed by atoms with E-state index in [1.165, 1.54) is 27.3 Å². The number of hydrogen-bond acceptors (Lipinski definition) is 3. The van der Waals surface area contributed by atoms with Gasteiger partial charge in [0.05, 0.1) is 5.52 Å². The molecule has 4 heteroatoms. The van der Waals surface area contributed by atoms with Gasteiger partial charge in [0.1, 0.15) is 5.76 Å². The van der Waals surface area contributed by atoms with Crippen molar-refractivity contribution < 1.29 is 30.0 Å². The van der Waals surface area contributed by atoms with Crippen molar-refractivity contribution >= 4 is 39.6 Å². The molecule has 0 bridgehead atoms. The zero-order valence-corrected chi connectivity index (χ0v) is 25.4. The molecule has 1 N–H and O–H groups in total. The minimum Gasteiger partial charge on any atom is -0.512 e. The molecule has 3 aromatic carbocycles. The molecule has 1 atom stereocenters. The Bertz CT molecular complexity index is 1540. The molecular weight excluding hydrogens is 671 g/mol. The smallest absolute Gasteiger partial charge is 0.165 e. The van der Waals surface area contributed by atoms with E-state index in [2.05, 4.69) is 79.7 Å². The van der Waals surface area contributed by atoms with Crippen LogP contribution in [-0.4, -0.2) is 15.9 Å². The quantitative estimate of drug-likeness (QED) is 0.179. The number of hydrogen-bond donors (Lipinski definition) is 1. The number of nitrogens with zero attached hydrogens (tertiary/aromatic N) is 1. The SMILES string of the molecule is C.CCC(CC)C(=O)C1=C(O)C(CC)CCC1.[Ir].[c-]1ccc2ccccc2c1-c1cc2c3c(cccc3n1)C=C2. The summed E-state index contributed by atoms with van der Waals surface area (Å²) in [6.07, 6.45) is 9.88. The van der Waals surface area contributed by atoms with E-state index in [1.807, 2.05) is 19.9 Å². The molecule has 1 unspecified atom stereocenters. The molecule has 0 fully saturated rings. The first-order valence-electron chi connectivity index (χ1n) is 14.0. The second-order valence-corrected chi connectivity index (χ2v) is 10.4. The van der Waals surface area contributed by atoms with Crippen molar-refractivity contribution in [1.29, 1.82) is 0 Å². The van der Waals surface area contributed by atoms with Gasteiger partial charge in [-0.15, -0.1) is 29.1 Å². The van der Waals surface area contributed by atoms with Crippen LogP contribution in [0.15, 0.2) is 72.0 Å². The van der Waals surface area contributed by atoms with Gasteiger partial charge in [0, 0.05) is 42.9 Å². The zero-order chi connectivity index (χ0) is 26.6. The second kappa shape index (κ2) is 14.0. The normalized spacial score (nSPS) is 15.4. The number of pyridine rings is 1. The maximum Gasteiger partial charge on any atom is 0.165 e. The Balaban J connectivity index is 0.000000222. The van der Waals surface area contributed by atoms with Gasteiger partial charge >= 0.3 is 0 Å². The summed E-state index contributed by atoms with van der Waals surface area (Å²) < 4.78 is 0. The number of carbonyl (C=O) groups is 1. The summed E-state index contributed by atoms with van der Waals surface area (Å²) in [6.45, 7) is 6.17. The van der Waals surface area contributed by atoms with Crippen molar-refractivity contribution in [2.45, 2.75) is 66.7 Å². The summed E-state index contributed by atoms with van der Waals surface area (Å²) in [6, 6.07) is 24.3. The molecule has 2 aliphatic rings. The van der Waals surface area contributed by atoms with Gasteiger partial charge in [-0.1, -0.05) is 88.2 Å². The van der Waals surface area contributed by atoms with Gasteiger partial charge < -0.3 is 5.11 Å². The van der Waals surface area contributed by atoms with Crippen LogP contribution in [0.4, 0.5) is 0 Å². The van der Waals surface area contributed by atoms with E-state index >= 15 is 0 Å². The fraction of sp³-hybridized carbons (Fsp3) is 0.333. The summed E-state index contributed by atoms with van der Waals surface area (Å²) in [7, 11) is 0. The van der Waals surface area contributed by atoms with E-state index in [4.69, 9.17) is 4.98 Å². The number of allylic oxidation sites excluding steroid dienone is 2. The van der Waals surface area contributed by atoms with Gasteiger partial charge in [-0.05, 0) is 61.4 Å². The van der Waals surface area contributed by atoms with Crippen molar-refractivity contribution in [1.82, 2.24) is 4.98 Å². The third kappa shape index (κ3) is 6.14. The van der Waals surface area contributed by atoms with E-state index in [0.717, 1.165) is 60.9 Å². The summed E-state index contributed by atoms with van der Waals surface area (Å²) in [5, 5.41) is 13.8. The van der Waals surface area contributed by atoms with Crippen LogP contribution in [0.1, 0.15) is 77.8 Å². The van der Waals surface area contributed by atoms with Crippen LogP contribution in [0, 0.1) is 17.9 Å². The van der Waals surface area contributed by atoms with E-state index < -0.39 is 0 Å². The van der Waals surface area contributed by atoms with Gasteiger partial charge in [0.15, 0.2) is 5.78 Å². The van der Waals surface area contributed by atoms with Crippen molar-refractivity contribution in [2.75, 3.05) is 0 Å². The number of Topliss-reactive ketones (excluding diaryl/α,β-unsaturated/α-hetero) is 1. The van der Waals surface area contributed by atoms with Crippen molar-refractivity contribution in [3.8, 4) is 11.3 Å². The van der Waals surface area contributed by atoms with Crippen LogP contribution in [0.5, 0.6) is 0 Å². The average molecular weight is 711 g/mol. The molecule has 0 spiro atoms. The molecule has 0 amide bonds. The Morgan fingerprint density at radius 1 is 1.02 bits per heavy atom. The van der Waals surface area contributed by atoms with Gasteiger partial charge in [0.2, 0.25) is 0 Å². The zero-order valence-electron chi connectivity index (χ0n) is 23.0. The van der Waals surface area contributed by atoms with E-state index in [-0.39, 0.29) is 45.2 Å². The average Bonchev–Trinajstić information content (AvgIpc) is 3.38. The molecule has 4 aromatic rings. The molecule has 0 aliphatic heterocycles. The second-order valence-electron chi connectivity index (χ2n) is 10.4. The molecule has 0 saturated heterocycles. The number of aromatic nitrogens is 1. The number of benzene rings is 3. The fourth-order valence-electron chi connectivity index (χ4n) is 5.89. The largest absolute Gasteiger partial charge is 0.512 e. The molecule has 0 saturated carbocycles. The molecule has 3 nitrogen and oxygen atoms in total. The van der Waals surface area contributed by atoms with Crippen LogP contribution >= 0.6 is 0 Å². The van der Waals surface area contributed by atoms with Gasteiger partial charge in [-0.25, -0.2) is 0 Å². The minimum absolute atomic E-state index is 0. The van der Waals surface area contributed by atoms with Crippen molar-refractivity contribution in [3.63, 3.8) is 0 Å². The maximum atomic E-state index is 12.2. The summed E-state index contributed by atoms with van der Waals surface area (Å²) in [4.78, 5) is 17.1. The van der Waals surface area contributed by atoms with Crippen LogP contribution in [0.2, 0.25) is 0 Å². The standard InChI is InChI=1S/C21H12N.C14H24O2.CH4.Ir/c1-2-8-17-14(5-1)6-3-9-18(17)20-13-16-12-11-15-7-4-10-19(22-20)21(15)16;1-4-10(5-2)13(15)12-9-7-8-11(6-3)14(12)16;;/h1-8,10-13H;10-11,16H,4-9H2,1-3H3;1H4;/q-1;;;. The van der Waals surface area contributed by atoms with Crippen LogP contribution < -0.4 is 0 Å². The number of ketones is 1. The minimum atomic E-state index is 0. The van der Waals surface area contributed by atoms with Crippen molar-refractivity contribution in [2.24, 2.45) is 11.8 Å². The third-order valence-corrected chi connectivity index (χ3v) is 8.14. The monoisotopic (exact) mass is 711 g/mol. The predicted molar refractivity (Wildman–Crippen MR) is 166 cm³/mol. The van der Waals surface area contributed by atoms with Gasteiger partial charge in [-0.2, -0.15) is 0 Å². The molecule has 6 rings (SSSR count). The first kappa shape index (κ1) is 31.5. The Kier molecular flexibility index (Phi) is 11.0.